The van der Waals surface area contributed by atoms with Gasteiger partial charge in [0.2, 0.25) is 0 Å². The van der Waals surface area contributed by atoms with Gasteiger partial charge in [-0.3, -0.25) is 0 Å². The summed E-state index contributed by atoms with van der Waals surface area (Å²) < 4.78 is 24.5. The van der Waals surface area contributed by atoms with Crippen LogP contribution < -0.4 is 5.32 Å². The lowest BCUT2D eigenvalue weighted by Crippen LogP contribution is -2.43. The summed E-state index contributed by atoms with van der Waals surface area (Å²) in [7, 11) is 0. The zero-order valence-electron chi connectivity index (χ0n) is 11.8. The van der Waals surface area contributed by atoms with Crippen LogP contribution in [0.1, 0.15) is 12.8 Å². The number of hydrogen-bond donors (Lipinski definition) is 1. The Morgan fingerprint density at radius 2 is 1.86 bits per heavy atom. The Hall–Kier alpha value is -1.66. The van der Waals surface area contributed by atoms with E-state index < -0.39 is 5.82 Å². The highest BCUT2D eigenvalue weighted by Crippen LogP contribution is 2.26. The average molecular weight is 294 g/mol. The van der Waals surface area contributed by atoms with Crippen LogP contribution >= 0.6 is 0 Å². The number of ether oxygens (including phenoxy) is 2. The number of piperidine rings is 1. The maximum absolute atomic E-state index is 13.5. The van der Waals surface area contributed by atoms with Gasteiger partial charge in [-0.25, -0.2) is 9.18 Å². The number of hydrogen-bond acceptors (Lipinski definition) is 3. The monoisotopic (exact) mass is 294 g/mol. The topological polar surface area (TPSA) is 50.8 Å². The van der Waals surface area contributed by atoms with E-state index in [-0.39, 0.29) is 18.0 Å². The quantitative estimate of drug-likeness (QED) is 0.911. The molecule has 0 radical (unpaired) electrons. The van der Waals surface area contributed by atoms with Crippen molar-refractivity contribution in [1.82, 2.24) is 4.90 Å². The van der Waals surface area contributed by atoms with E-state index in [9.17, 15) is 9.18 Å². The van der Waals surface area contributed by atoms with Crippen molar-refractivity contribution in [2.24, 2.45) is 5.92 Å². The molecule has 21 heavy (non-hydrogen) atoms. The van der Waals surface area contributed by atoms with Gasteiger partial charge in [0.05, 0.1) is 18.9 Å². The number of halogens is 1. The molecule has 0 unspecified atom stereocenters. The number of nitrogens with one attached hydrogen (secondary N) is 1. The van der Waals surface area contributed by atoms with Crippen molar-refractivity contribution >= 4 is 11.7 Å². The van der Waals surface area contributed by atoms with Crippen molar-refractivity contribution in [3.8, 4) is 0 Å². The van der Waals surface area contributed by atoms with E-state index in [0.29, 0.717) is 32.2 Å². The third-order valence-electron chi connectivity index (χ3n) is 3.97. The van der Waals surface area contributed by atoms with Gasteiger partial charge >= 0.3 is 6.03 Å². The number of para-hydroxylation sites is 1. The zero-order chi connectivity index (χ0) is 14.7. The standard InChI is InChI=1S/C15H19FN2O3/c16-12-3-1-2-4-13(12)17-15(19)18-7-5-11(6-8-18)14-20-9-10-21-14/h1-4,11,14H,5-10H2,(H,17,19). The van der Waals surface area contributed by atoms with Crippen LogP contribution in [-0.2, 0) is 9.47 Å². The lowest BCUT2D eigenvalue weighted by Gasteiger charge is -2.33. The predicted octanol–water partition coefficient (Wildman–Crippen LogP) is 2.44. The molecule has 3 rings (SSSR count). The van der Waals surface area contributed by atoms with Crippen LogP contribution in [0.15, 0.2) is 24.3 Å². The minimum Gasteiger partial charge on any atom is -0.350 e. The second-order valence-electron chi connectivity index (χ2n) is 5.34. The fourth-order valence-electron chi connectivity index (χ4n) is 2.78. The van der Waals surface area contributed by atoms with E-state index in [0.717, 1.165) is 12.8 Å². The fraction of sp³-hybridized carbons (Fsp3) is 0.533. The molecule has 5 nitrogen and oxygen atoms in total. The molecule has 2 saturated heterocycles. The first-order valence-corrected chi connectivity index (χ1v) is 7.28. The van der Waals surface area contributed by atoms with Gasteiger partial charge < -0.3 is 19.7 Å². The molecule has 0 saturated carbocycles. The van der Waals surface area contributed by atoms with Gasteiger partial charge in [-0.05, 0) is 25.0 Å². The Morgan fingerprint density at radius 1 is 1.19 bits per heavy atom. The van der Waals surface area contributed by atoms with E-state index in [1.807, 2.05) is 0 Å². The van der Waals surface area contributed by atoms with Crippen LogP contribution in [-0.4, -0.2) is 43.5 Å². The number of amides is 2. The summed E-state index contributed by atoms with van der Waals surface area (Å²) >= 11 is 0. The van der Waals surface area contributed by atoms with Crippen LogP contribution in [0.5, 0.6) is 0 Å². The third kappa shape index (κ3) is 3.33. The summed E-state index contributed by atoms with van der Waals surface area (Å²) in [5, 5.41) is 2.61. The summed E-state index contributed by atoms with van der Waals surface area (Å²) in [6.45, 7) is 2.57. The average Bonchev–Trinajstić information content (AvgIpc) is 3.04. The molecule has 114 valence electrons. The highest BCUT2D eigenvalue weighted by molar-refractivity contribution is 5.89. The minimum absolute atomic E-state index is 0.123. The van der Waals surface area contributed by atoms with E-state index >= 15 is 0 Å². The number of anilines is 1. The lowest BCUT2D eigenvalue weighted by atomic mass is 9.96. The Labute approximate surface area is 123 Å². The van der Waals surface area contributed by atoms with Gasteiger partial charge in [0, 0.05) is 19.0 Å². The summed E-state index contributed by atoms with van der Waals surface area (Å²) in [5.41, 5.74) is 0.215. The van der Waals surface area contributed by atoms with Gasteiger partial charge in [0.25, 0.3) is 0 Å². The number of likely N-dealkylation sites (tertiary alicyclic amines) is 1. The second-order valence-corrected chi connectivity index (χ2v) is 5.34. The van der Waals surface area contributed by atoms with Crippen LogP contribution in [0.4, 0.5) is 14.9 Å². The van der Waals surface area contributed by atoms with Crippen LogP contribution in [0, 0.1) is 11.7 Å². The number of benzene rings is 1. The normalized spacial score (nSPS) is 20.7. The first-order valence-electron chi connectivity index (χ1n) is 7.28. The zero-order valence-corrected chi connectivity index (χ0v) is 11.8. The molecule has 2 heterocycles. The van der Waals surface area contributed by atoms with Gasteiger partial charge in [-0.1, -0.05) is 12.1 Å². The van der Waals surface area contributed by atoms with Crippen LogP contribution in [0.25, 0.3) is 0 Å². The molecule has 0 bridgehead atoms. The summed E-state index contributed by atoms with van der Waals surface area (Å²) in [5.74, 6) is -0.0847. The highest BCUT2D eigenvalue weighted by Gasteiger charge is 2.31. The van der Waals surface area contributed by atoms with Crippen molar-refractivity contribution in [3.05, 3.63) is 30.1 Å². The maximum atomic E-state index is 13.5. The van der Waals surface area contributed by atoms with Crippen LogP contribution in [0.3, 0.4) is 0 Å². The summed E-state index contributed by atoms with van der Waals surface area (Å²) in [6.07, 6.45) is 1.56. The van der Waals surface area contributed by atoms with E-state index in [1.54, 1.807) is 23.1 Å². The van der Waals surface area contributed by atoms with Gasteiger partial charge in [-0.2, -0.15) is 0 Å². The molecule has 0 aliphatic carbocycles. The smallest absolute Gasteiger partial charge is 0.321 e. The fourth-order valence-corrected chi connectivity index (χ4v) is 2.78. The Morgan fingerprint density at radius 3 is 2.52 bits per heavy atom. The molecule has 0 spiro atoms. The molecule has 6 heteroatoms. The summed E-state index contributed by atoms with van der Waals surface area (Å²) in [6, 6.07) is 5.92. The largest absolute Gasteiger partial charge is 0.350 e. The number of nitrogens with zero attached hydrogens (tertiary/aromatic N) is 1. The first-order chi connectivity index (χ1) is 10.2. The van der Waals surface area contributed by atoms with E-state index in [2.05, 4.69) is 5.32 Å². The van der Waals surface area contributed by atoms with Crippen molar-refractivity contribution in [2.75, 3.05) is 31.6 Å². The first kappa shape index (κ1) is 14.3. The Balaban J connectivity index is 1.52. The molecular formula is C15H19FN2O3. The van der Waals surface area contributed by atoms with Gasteiger partial charge in [0.1, 0.15) is 5.82 Å². The van der Waals surface area contributed by atoms with Gasteiger partial charge in [0.15, 0.2) is 6.29 Å². The van der Waals surface area contributed by atoms with Crippen LogP contribution in [0.2, 0.25) is 0 Å². The van der Waals surface area contributed by atoms with Crippen molar-refractivity contribution in [2.45, 2.75) is 19.1 Å². The molecule has 1 N–H and O–H groups in total. The van der Waals surface area contributed by atoms with E-state index in [4.69, 9.17) is 9.47 Å². The molecule has 2 fully saturated rings. The van der Waals surface area contributed by atoms with E-state index in [1.165, 1.54) is 6.07 Å². The van der Waals surface area contributed by atoms with Gasteiger partial charge in [-0.15, -0.1) is 0 Å². The molecule has 2 aliphatic heterocycles. The molecule has 0 aromatic heterocycles. The maximum Gasteiger partial charge on any atom is 0.321 e. The second kappa shape index (κ2) is 6.41. The molecular weight excluding hydrogens is 275 g/mol. The predicted molar refractivity (Wildman–Crippen MR) is 75.4 cm³/mol. The number of urea groups is 1. The molecule has 2 aliphatic rings. The summed E-state index contributed by atoms with van der Waals surface area (Å²) in [4.78, 5) is 13.8. The highest BCUT2D eigenvalue weighted by atomic mass is 19.1. The van der Waals surface area contributed by atoms with Crippen molar-refractivity contribution in [3.63, 3.8) is 0 Å². The Kier molecular flexibility index (Phi) is 4.36. The lowest BCUT2D eigenvalue weighted by molar-refractivity contribution is -0.0950. The molecule has 1 aromatic carbocycles. The number of rotatable bonds is 2. The molecule has 0 atom stereocenters. The minimum atomic E-state index is -0.423. The number of carbonyl (C=O) groups is 1. The third-order valence-corrected chi connectivity index (χ3v) is 3.97. The Bertz CT molecular complexity index is 497. The number of carbonyl (C=O) groups excluding carboxylic acids is 1. The molecule has 1 aromatic rings. The SMILES string of the molecule is O=C(Nc1ccccc1F)N1CCC(C2OCCO2)CC1. The van der Waals surface area contributed by atoms with Crippen molar-refractivity contribution in [1.29, 1.82) is 0 Å². The molecule has 2 amide bonds. The van der Waals surface area contributed by atoms with Crippen molar-refractivity contribution < 1.29 is 18.7 Å².